The molecule has 0 saturated heterocycles. The molecule has 0 N–H and O–H groups in total. The summed E-state index contributed by atoms with van der Waals surface area (Å²) in [6, 6.07) is 26.6. The summed E-state index contributed by atoms with van der Waals surface area (Å²) in [6.45, 7) is 116. The zero-order chi connectivity index (χ0) is 84.9. The first kappa shape index (κ1) is 88.8. The molecule has 0 amide bonds. The summed E-state index contributed by atoms with van der Waals surface area (Å²) in [5.74, 6) is 0. The van der Waals surface area contributed by atoms with Crippen LogP contribution in [0, 0.1) is 0 Å². The van der Waals surface area contributed by atoms with Crippen LogP contribution in [0.1, 0.15) is 441 Å². The van der Waals surface area contributed by atoms with Gasteiger partial charge in [-0.1, -0.05) is 357 Å². The molecule has 0 nitrogen and oxygen atoms in total. The largest absolute Gasteiger partial charge is 0.139 e. The highest BCUT2D eigenvalue weighted by atomic mass is 32.1. The Morgan fingerprint density at radius 3 is 0.514 bits per heavy atom. The van der Waals surface area contributed by atoms with Crippen LogP contribution in [0.2, 0.25) is 0 Å². The molecule has 1 spiro atoms. The first-order chi connectivity index (χ1) is 49.2. The summed E-state index contributed by atoms with van der Waals surface area (Å²) in [5.41, 5.74) is 31.7. The Kier molecular flexibility index (Phi) is 21.4. The Hall–Kier alpha value is -4.58. The first-order valence-corrected chi connectivity index (χ1v) is 45.7. The molecule has 0 saturated carbocycles. The molecule has 4 aromatic heterocycles. The van der Waals surface area contributed by atoms with Crippen molar-refractivity contribution in [3.63, 3.8) is 0 Å². The topological polar surface area (TPSA) is 0 Å². The lowest BCUT2D eigenvalue weighted by molar-refractivity contribution is 0.525. The second kappa shape index (κ2) is 26.7. The van der Waals surface area contributed by atoms with Crippen LogP contribution in [0.15, 0.2) is 60.7 Å². The molecule has 0 bridgehead atoms. The summed E-state index contributed by atoms with van der Waals surface area (Å²) in [7, 11) is 0. The molecule has 111 heavy (non-hydrogen) atoms. The summed E-state index contributed by atoms with van der Waals surface area (Å²) in [5, 5.41) is 3.01. The molecule has 9 aromatic rings. The normalized spacial score (nSPS) is 15.3. The van der Waals surface area contributed by atoms with E-state index in [2.05, 4.69) is 438 Å². The van der Waals surface area contributed by atoms with Gasteiger partial charge in [0.15, 0.2) is 0 Å². The Morgan fingerprint density at radius 2 is 0.360 bits per heavy atom. The standard InChI is InChI=1S/C57H80.C50H74S4/c1-49(2,3)41-25-33-34-26-42(50(4,5)6)46(54(16,17)18)30-38(34)57(37(33)29-45(41)53(13,14)15)39-31-47(55(19,20)21)43(51(7,8)9)27-35(39)36-28-44(52(10,11)12)48(32-40(36)57)56(22,23)24;1-43(2,3)27-25-29(51-39(27)47(13,14)15)31-33-35(45(7,8)9)41(49(19,20)21)54-38(33)32(30-26-28(44(4,5)6)40(52-30)48(16,17)18)34-36(46(10,11)12)42(50(22,23)24)53-37(31)34/h25-32H,1-24H3;25-26H,1-24H3. The van der Waals surface area contributed by atoms with Gasteiger partial charge in [0, 0.05) is 60.6 Å². The van der Waals surface area contributed by atoms with Gasteiger partial charge < -0.3 is 0 Å². The molecule has 0 fully saturated rings. The molecule has 11 rings (SSSR count). The number of hydrogen-bond acceptors (Lipinski definition) is 4. The van der Waals surface area contributed by atoms with E-state index >= 15 is 0 Å². The summed E-state index contributed by atoms with van der Waals surface area (Å²) in [4.78, 5) is 8.98. The van der Waals surface area contributed by atoms with E-state index in [0.29, 0.717) is 0 Å². The van der Waals surface area contributed by atoms with E-state index in [0.717, 1.165) is 0 Å². The van der Waals surface area contributed by atoms with E-state index in [1.54, 1.807) is 11.1 Å². The minimum Gasteiger partial charge on any atom is -0.139 e. The van der Waals surface area contributed by atoms with Crippen molar-refractivity contribution >= 4 is 65.5 Å². The predicted molar refractivity (Wildman–Crippen MR) is 506 cm³/mol. The lowest BCUT2D eigenvalue weighted by Crippen LogP contribution is -2.31. The fraction of sp³-hybridized carbons (Fsp3) is 0.607. The second-order valence-corrected chi connectivity index (χ2v) is 55.1. The highest BCUT2D eigenvalue weighted by Crippen LogP contribution is 2.68. The molecular formula is C107H154S4. The van der Waals surface area contributed by atoms with Crippen molar-refractivity contribution < 1.29 is 0 Å². The zero-order valence-corrected chi connectivity index (χ0v) is 83.2. The van der Waals surface area contributed by atoms with Crippen LogP contribution in [0.3, 0.4) is 0 Å². The molecule has 0 radical (unpaired) electrons. The third-order valence-electron chi connectivity index (χ3n) is 23.9. The molecule has 0 aliphatic heterocycles. The maximum absolute atomic E-state index is 2.70. The number of fused-ring (bicyclic) bond motifs is 12. The fourth-order valence-corrected chi connectivity index (χ4v) is 24.9. The SMILES string of the molecule is CC(C)(C)c1cc(-c2c3sc(C(C)(C)C)c(C(C)(C)C)c3c(-c3cc(C(C)(C)C)c(C(C)(C)C)s3)c3sc(C(C)(C)C)c(C(C)(C)C)c23)sc1C(C)(C)C.CC(C)(C)c1cc2c(cc1C(C)(C)C)C1(c3cc(C(C)(C)C)c(C(C)(C)C)cc3-2)c2cc(C(C)(C)C)c(C(C)(C)C)cc2-c2cc(C(C)(C)C)c(C(C)(C)C)cc21. The Balaban J connectivity index is 0.000000236. The molecule has 606 valence electrons. The van der Waals surface area contributed by atoms with Gasteiger partial charge in [-0.3, -0.25) is 0 Å². The first-order valence-electron chi connectivity index (χ1n) is 42.4. The van der Waals surface area contributed by atoms with Crippen molar-refractivity contribution in [2.75, 3.05) is 0 Å². The van der Waals surface area contributed by atoms with E-state index in [1.165, 1.54) is 161 Å². The van der Waals surface area contributed by atoms with Gasteiger partial charge in [0.2, 0.25) is 0 Å². The summed E-state index contributed by atoms with van der Waals surface area (Å²) in [6.07, 6.45) is 0. The van der Waals surface area contributed by atoms with Gasteiger partial charge in [0.25, 0.3) is 0 Å². The van der Waals surface area contributed by atoms with Gasteiger partial charge in [-0.05, 0) is 234 Å². The van der Waals surface area contributed by atoms with Crippen LogP contribution >= 0.6 is 45.3 Å². The van der Waals surface area contributed by atoms with Crippen molar-refractivity contribution in [2.45, 2.75) is 424 Å². The van der Waals surface area contributed by atoms with Gasteiger partial charge >= 0.3 is 0 Å². The molecule has 2 aliphatic carbocycles. The van der Waals surface area contributed by atoms with Crippen molar-refractivity contribution in [3.8, 4) is 43.1 Å². The Morgan fingerprint density at radius 1 is 0.180 bits per heavy atom. The van der Waals surface area contributed by atoms with Gasteiger partial charge in [0.1, 0.15) is 0 Å². The van der Waals surface area contributed by atoms with Gasteiger partial charge in [0.05, 0.1) is 5.41 Å². The number of benzene rings is 5. The van der Waals surface area contributed by atoms with Crippen molar-refractivity contribution in [2.24, 2.45) is 0 Å². The van der Waals surface area contributed by atoms with Gasteiger partial charge in [-0.15, -0.1) is 45.3 Å². The Labute approximate surface area is 696 Å². The van der Waals surface area contributed by atoms with Crippen LogP contribution in [-0.4, -0.2) is 0 Å². The van der Waals surface area contributed by atoms with Crippen LogP contribution in [0.25, 0.3) is 63.3 Å². The Bertz CT molecular complexity index is 4580. The number of hydrogen-bond donors (Lipinski definition) is 0. The smallest absolute Gasteiger partial charge is 0.0725 e. The van der Waals surface area contributed by atoms with Crippen molar-refractivity contribution in [3.05, 3.63) is 169 Å². The van der Waals surface area contributed by atoms with E-state index < -0.39 is 5.41 Å². The lowest BCUT2D eigenvalue weighted by atomic mass is 9.64. The quantitative estimate of drug-likeness (QED) is 0.162. The molecule has 2 aliphatic rings. The average Bonchev–Trinajstić information content (AvgIpc) is 1.49. The zero-order valence-electron chi connectivity index (χ0n) is 79.9. The van der Waals surface area contributed by atoms with E-state index in [-0.39, 0.29) is 86.6 Å². The highest BCUT2D eigenvalue weighted by molar-refractivity contribution is 7.24. The summed E-state index contributed by atoms with van der Waals surface area (Å²) < 4.78 is 2.97. The third kappa shape index (κ3) is 15.8. The molecule has 0 unspecified atom stereocenters. The van der Waals surface area contributed by atoms with Gasteiger partial charge in [-0.25, -0.2) is 0 Å². The van der Waals surface area contributed by atoms with Crippen LogP contribution in [0.5, 0.6) is 0 Å². The van der Waals surface area contributed by atoms with Crippen molar-refractivity contribution in [1.29, 1.82) is 0 Å². The van der Waals surface area contributed by atoms with Crippen molar-refractivity contribution in [1.82, 2.24) is 0 Å². The highest BCUT2D eigenvalue weighted by Gasteiger charge is 2.56. The lowest BCUT2D eigenvalue weighted by Gasteiger charge is -2.38. The van der Waals surface area contributed by atoms with E-state index in [9.17, 15) is 0 Å². The third-order valence-corrected chi connectivity index (χ3v) is 30.3. The maximum Gasteiger partial charge on any atom is 0.0725 e. The molecule has 4 heteroatoms. The molecule has 4 heterocycles. The van der Waals surface area contributed by atoms with Crippen LogP contribution in [0.4, 0.5) is 0 Å². The van der Waals surface area contributed by atoms with Crippen LogP contribution < -0.4 is 0 Å². The molecular weight excluding hydrogens is 1410 g/mol. The summed E-state index contributed by atoms with van der Waals surface area (Å²) >= 11 is 8.36. The van der Waals surface area contributed by atoms with E-state index in [1.807, 2.05) is 0 Å². The molecule has 0 atom stereocenters. The maximum atomic E-state index is 2.70. The molecule has 5 aromatic carbocycles. The fourth-order valence-electron chi connectivity index (χ4n) is 18.5. The minimum absolute atomic E-state index is 0.00285. The minimum atomic E-state index is -0.477. The second-order valence-electron chi connectivity index (χ2n) is 51.0. The predicted octanol–water partition coefficient (Wildman–Crippen LogP) is 34.4. The number of rotatable bonds is 2. The average molecular weight is 1570 g/mol. The van der Waals surface area contributed by atoms with Gasteiger partial charge in [-0.2, -0.15) is 0 Å². The number of thiophene rings is 4. The van der Waals surface area contributed by atoms with Crippen LogP contribution in [-0.2, 0) is 92.1 Å². The monoisotopic (exact) mass is 1570 g/mol. The van der Waals surface area contributed by atoms with E-state index in [4.69, 9.17) is 0 Å².